The molecule has 3 aromatic carbocycles. The number of aryl methyl sites for hydroxylation is 2. The van der Waals surface area contributed by atoms with Gasteiger partial charge in [-0.2, -0.15) is 5.10 Å². The normalized spacial score (nSPS) is 10.8. The molecule has 0 atom stereocenters. The molecule has 4 rings (SSSR count). The van der Waals surface area contributed by atoms with Crippen molar-refractivity contribution in [2.24, 2.45) is 7.05 Å². The number of benzene rings is 3. The van der Waals surface area contributed by atoms with Gasteiger partial charge in [0.05, 0.1) is 17.4 Å². The SMILES string of the molecule is Cc1ccc2c(c1)c(=O)c(C(=O)N(Cc1ccccc1)c1ccccc1)nn2C. The second kappa shape index (κ2) is 7.72. The van der Waals surface area contributed by atoms with Crippen molar-refractivity contribution in [3.8, 4) is 0 Å². The molecule has 0 aliphatic rings. The fourth-order valence-electron chi connectivity index (χ4n) is 3.41. The molecule has 0 saturated carbocycles. The maximum Gasteiger partial charge on any atom is 0.283 e. The molecule has 0 fully saturated rings. The van der Waals surface area contributed by atoms with E-state index in [4.69, 9.17) is 0 Å². The minimum atomic E-state index is -0.413. The van der Waals surface area contributed by atoms with Crippen LogP contribution in [0.4, 0.5) is 5.69 Å². The summed E-state index contributed by atoms with van der Waals surface area (Å²) in [6.07, 6.45) is 0. The van der Waals surface area contributed by atoms with Crippen molar-refractivity contribution >= 4 is 22.5 Å². The van der Waals surface area contributed by atoms with Gasteiger partial charge >= 0.3 is 0 Å². The molecule has 1 amide bonds. The van der Waals surface area contributed by atoms with Crippen LogP contribution >= 0.6 is 0 Å². The number of amides is 1. The van der Waals surface area contributed by atoms with Gasteiger partial charge in [-0.05, 0) is 36.8 Å². The fraction of sp³-hybridized carbons (Fsp3) is 0.125. The number of rotatable bonds is 4. The predicted octanol–water partition coefficient (Wildman–Crippen LogP) is 4.09. The maximum absolute atomic E-state index is 13.5. The number of nitrogens with zero attached hydrogens (tertiary/aromatic N) is 3. The number of anilines is 1. The van der Waals surface area contributed by atoms with E-state index in [-0.39, 0.29) is 11.1 Å². The maximum atomic E-state index is 13.5. The molecule has 29 heavy (non-hydrogen) atoms. The minimum Gasteiger partial charge on any atom is -0.302 e. The first-order chi connectivity index (χ1) is 14.0. The predicted molar refractivity (Wildman–Crippen MR) is 115 cm³/mol. The van der Waals surface area contributed by atoms with Gasteiger partial charge in [-0.1, -0.05) is 60.2 Å². The van der Waals surface area contributed by atoms with E-state index in [2.05, 4.69) is 5.10 Å². The topological polar surface area (TPSA) is 55.2 Å². The summed E-state index contributed by atoms with van der Waals surface area (Å²) < 4.78 is 1.59. The van der Waals surface area contributed by atoms with Crippen LogP contribution in [0.25, 0.3) is 10.9 Å². The van der Waals surface area contributed by atoms with Crippen molar-refractivity contribution < 1.29 is 4.79 Å². The highest BCUT2D eigenvalue weighted by molar-refractivity contribution is 6.06. The molecule has 0 aliphatic carbocycles. The van der Waals surface area contributed by atoms with Gasteiger partial charge in [0.1, 0.15) is 0 Å². The van der Waals surface area contributed by atoms with Crippen molar-refractivity contribution in [3.63, 3.8) is 0 Å². The van der Waals surface area contributed by atoms with Crippen LogP contribution in [0.3, 0.4) is 0 Å². The highest BCUT2D eigenvalue weighted by Crippen LogP contribution is 2.20. The van der Waals surface area contributed by atoms with Crippen LogP contribution in [0, 0.1) is 6.92 Å². The smallest absolute Gasteiger partial charge is 0.283 e. The summed E-state index contributed by atoms with van der Waals surface area (Å²) in [5, 5.41) is 4.83. The summed E-state index contributed by atoms with van der Waals surface area (Å²) in [4.78, 5) is 28.2. The summed E-state index contributed by atoms with van der Waals surface area (Å²) >= 11 is 0. The number of hydrogen-bond donors (Lipinski definition) is 0. The molecule has 5 heteroatoms. The summed E-state index contributed by atoms with van der Waals surface area (Å²) in [6, 6.07) is 24.6. The van der Waals surface area contributed by atoms with Crippen LogP contribution < -0.4 is 10.3 Å². The zero-order valence-electron chi connectivity index (χ0n) is 16.4. The van der Waals surface area contributed by atoms with E-state index in [0.29, 0.717) is 17.4 Å². The van der Waals surface area contributed by atoms with Gasteiger partial charge in [-0.15, -0.1) is 0 Å². The van der Waals surface area contributed by atoms with Crippen molar-refractivity contribution in [1.29, 1.82) is 0 Å². The average molecular weight is 383 g/mol. The first-order valence-electron chi connectivity index (χ1n) is 9.43. The van der Waals surface area contributed by atoms with Crippen LogP contribution in [-0.4, -0.2) is 15.7 Å². The highest BCUT2D eigenvalue weighted by Gasteiger charge is 2.24. The van der Waals surface area contributed by atoms with Crippen LogP contribution in [-0.2, 0) is 13.6 Å². The van der Waals surface area contributed by atoms with Gasteiger partial charge in [-0.3, -0.25) is 14.3 Å². The molecule has 5 nitrogen and oxygen atoms in total. The quantitative estimate of drug-likeness (QED) is 0.533. The Kier molecular flexibility index (Phi) is 4.96. The van der Waals surface area contributed by atoms with Crippen LogP contribution in [0.15, 0.2) is 83.7 Å². The first kappa shape index (κ1) is 18.6. The molecule has 144 valence electrons. The van der Waals surface area contributed by atoms with E-state index in [1.807, 2.05) is 79.7 Å². The number of fused-ring (bicyclic) bond motifs is 1. The lowest BCUT2D eigenvalue weighted by Gasteiger charge is -2.23. The molecule has 0 radical (unpaired) electrons. The molecule has 0 unspecified atom stereocenters. The summed E-state index contributed by atoms with van der Waals surface area (Å²) in [6.45, 7) is 2.27. The number of aromatic nitrogens is 2. The van der Waals surface area contributed by atoms with Gasteiger partial charge < -0.3 is 4.90 Å². The van der Waals surface area contributed by atoms with Gasteiger partial charge in [0.15, 0.2) is 5.69 Å². The Balaban J connectivity index is 1.84. The molecule has 1 aromatic heterocycles. The van der Waals surface area contributed by atoms with Crippen molar-refractivity contribution in [2.75, 3.05) is 4.90 Å². The van der Waals surface area contributed by atoms with Crippen molar-refractivity contribution in [1.82, 2.24) is 9.78 Å². The third-order valence-corrected chi connectivity index (χ3v) is 4.91. The minimum absolute atomic E-state index is 0.0783. The van der Waals surface area contributed by atoms with Crippen LogP contribution in [0.2, 0.25) is 0 Å². The molecular weight excluding hydrogens is 362 g/mol. The molecule has 0 N–H and O–H groups in total. The Morgan fingerprint density at radius 1 is 0.966 bits per heavy atom. The van der Waals surface area contributed by atoms with E-state index >= 15 is 0 Å². The van der Waals surface area contributed by atoms with Crippen LogP contribution in [0.5, 0.6) is 0 Å². The average Bonchev–Trinajstić information content (AvgIpc) is 2.75. The van der Waals surface area contributed by atoms with Gasteiger partial charge in [-0.25, -0.2) is 0 Å². The van der Waals surface area contributed by atoms with E-state index in [0.717, 1.165) is 16.8 Å². The third-order valence-electron chi connectivity index (χ3n) is 4.91. The Bertz CT molecular complexity index is 1230. The highest BCUT2D eigenvalue weighted by atomic mass is 16.2. The van der Waals surface area contributed by atoms with Gasteiger partial charge in [0.25, 0.3) is 5.91 Å². The van der Waals surface area contributed by atoms with E-state index < -0.39 is 5.91 Å². The molecule has 1 heterocycles. The Labute approximate surface area is 168 Å². The summed E-state index contributed by atoms with van der Waals surface area (Å²) in [5.74, 6) is -0.413. The lowest BCUT2D eigenvalue weighted by atomic mass is 10.1. The molecular formula is C24H21N3O2. The molecule has 0 aliphatic heterocycles. The van der Waals surface area contributed by atoms with E-state index in [1.54, 1.807) is 22.7 Å². The van der Waals surface area contributed by atoms with E-state index in [9.17, 15) is 9.59 Å². The zero-order chi connectivity index (χ0) is 20.4. The third kappa shape index (κ3) is 3.67. The lowest BCUT2D eigenvalue weighted by molar-refractivity contribution is 0.0977. The monoisotopic (exact) mass is 383 g/mol. The van der Waals surface area contributed by atoms with Gasteiger partial charge in [0.2, 0.25) is 5.43 Å². The van der Waals surface area contributed by atoms with Gasteiger partial charge in [0, 0.05) is 12.7 Å². The molecule has 0 saturated heterocycles. The number of hydrogen-bond acceptors (Lipinski definition) is 3. The van der Waals surface area contributed by atoms with E-state index in [1.165, 1.54) is 0 Å². The standard InChI is InChI=1S/C24H21N3O2/c1-17-13-14-21-20(15-17)23(28)22(25-26(21)2)24(29)27(19-11-7-4-8-12-19)16-18-9-5-3-6-10-18/h3-15H,16H2,1-2H3. The lowest BCUT2D eigenvalue weighted by Crippen LogP contribution is -2.36. The summed E-state index contributed by atoms with van der Waals surface area (Å²) in [5.41, 5.74) is 2.92. The number of carbonyl (C=O) groups excluding carboxylic acids is 1. The molecule has 0 bridgehead atoms. The fourth-order valence-corrected chi connectivity index (χ4v) is 3.41. The largest absolute Gasteiger partial charge is 0.302 e. The Hall–Kier alpha value is -3.73. The van der Waals surface area contributed by atoms with Crippen LogP contribution in [0.1, 0.15) is 21.6 Å². The zero-order valence-corrected chi connectivity index (χ0v) is 16.4. The van der Waals surface area contributed by atoms with Crippen molar-refractivity contribution in [3.05, 3.63) is 106 Å². The Morgan fingerprint density at radius 2 is 1.62 bits per heavy atom. The number of carbonyl (C=O) groups is 1. The molecule has 0 spiro atoms. The summed E-state index contributed by atoms with van der Waals surface area (Å²) in [7, 11) is 1.75. The number of para-hydroxylation sites is 1. The second-order valence-corrected chi connectivity index (χ2v) is 7.03. The van der Waals surface area contributed by atoms with Crippen molar-refractivity contribution in [2.45, 2.75) is 13.5 Å². The Morgan fingerprint density at radius 3 is 2.31 bits per heavy atom. The first-order valence-corrected chi connectivity index (χ1v) is 9.43. The second-order valence-electron chi connectivity index (χ2n) is 7.03. The molecule has 4 aromatic rings.